The van der Waals surface area contributed by atoms with Gasteiger partial charge in [0.2, 0.25) is 5.82 Å². The predicted molar refractivity (Wildman–Crippen MR) is 285 cm³/mol. The van der Waals surface area contributed by atoms with E-state index < -0.39 is 25.5 Å². The SMILES string of the molecule is Cn1nc(C(C)(C)C)cc1NS(=O)(=O)c1cccc2cccnc12.[C-]#[N+]c1c(N)n[nH]c1C(C)(C)C.[C-]#[N+]c1c(N=Nc2c(C(C)(C)C)nn(C)c2NS(=O)(=O)c2cccc3cccnc23)n[nH]c1C(C)(C)C. The molecule has 6 N–H and O–H groups in total. The van der Waals surface area contributed by atoms with Crippen LogP contribution >= 0.6 is 0 Å². The van der Waals surface area contributed by atoms with E-state index in [-0.39, 0.29) is 54.9 Å². The topological polar surface area (TPSA) is 271 Å². The van der Waals surface area contributed by atoms with Crippen LogP contribution in [0.5, 0.6) is 0 Å². The van der Waals surface area contributed by atoms with Crippen molar-refractivity contribution >= 4 is 82.2 Å². The summed E-state index contributed by atoms with van der Waals surface area (Å²) >= 11 is 0. The lowest BCUT2D eigenvalue weighted by Crippen LogP contribution is -2.16. The molecule has 0 atom stereocenters. The highest BCUT2D eigenvalue weighted by molar-refractivity contribution is 7.93. The molecule has 382 valence electrons. The second-order valence-electron chi connectivity index (χ2n) is 21.1. The van der Waals surface area contributed by atoms with Crippen molar-refractivity contribution in [2.75, 3.05) is 15.2 Å². The number of sulfonamides is 2. The number of nitrogens with one attached hydrogen (secondary N) is 4. The highest BCUT2D eigenvalue weighted by atomic mass is 32.2. The van der Waals surface area contributed by atoms with Crippen LogP contribution < -0.4 is 15.2 Å². The van der Waals surface area contributed by atoms with Gasteiger partial charge in [-0.1, -0.05) is 119 Å². The molecule has 21 nitrogen and oxygen atoms in total. The van der Waals surface area contributed by atoms with Crippen molar-refractivity contribution in [2.24, 2.45) is 24.3 Å². The molecule has 0 unspecified atom stereocenters. The second-order valence-corrected chi connectivity index (χ2v) is 24.4. The highest BCUT2D eigenvalue weighted by Gasteiger charge is 2.31. The fourth-order valence-electron chi connectivity index (χ4n) is 7.23. The van der Waals surface area contributed by atoms with E-state index in [9.17, 15) is 16.8 Å². The van der Waals surface area contributed by atoms with Gasteiger partial charge in [0.05, 0.1) is 35.6 Å². The largest absolute Gasteiger partial charge is 0.391 e. The summed E-state index contributed by atoms with van der Waals surface area (Å²) in [5.74, 6) is 0.969. The molecular formula is C50H61N17O4S2. The number of nitrogens with zero attached hydrogens (tertiary/aromatic N) is 12. The number of pyridine rings is 2. The zero-order valence-electron chi connectivity index (χ0n) is 43.4. The summed E-state index contributed by atoms with van der Waals surface area (Å²) < 4.78 is 61.0. The molecule has 0 spiro atoms. The summed E-state index contributed by atoms with van der Waals surface area (Å²) in [6.07, 6.45) is 3.14. The average molecular weight is 1030 g/mol. The Morgan fingerprint density at radius 3 is 1.58 bits per heavy atom. The molecule has 0 aliphatic carbocycles. The molecule has 0 amide bonds. The van der Waals surface area contributed by atoms with Gasteiger partial charge in [0, 0.05) is 65.5 Å². The van der Waals surface area contributed by atoms with Crippen molar-refractivity contribution in [1.82, 2.24) is 49.9 Å². The first-order chi connectivity index (χ1) is 33.9. The lowest BCUT2D eigenvalue weighted by atomic mass is 9.91. The number of aryl methyl sites for hydroxylation is 2. The van der Waals surface area contributed by atoms with E-state index in [1.165, 1.54) is 15.4 Å². The van der Waals surface area contributed by atoms with Crippen LogP contribution in [-0.2, 0) is 55.8 Å². The predicted octanol–water partition coefficient (Wildman–Crippen LogP) is 11.0. The smallest absolute Gasteiger partial charge is 0.265 e. The van der Waals surface area contributed by atoms with Gasteiger partial charge in [-0.25, -0.2) is 31.2 Å². The summed E-state index contributed by atoms with van der Waals surface area (Å²) in [7, 11) is -4.50. The molecule has 0 aliphatic heterocycles. The maximum atomic E-state index is 13.5. The van der Waals surface area contributed by atoms with Gasteiger partial charge in [0.1, 0.15) is 15.6 Å². The second kappa shape index (κ2) is 20.2. The number of rotatable bonds is 8. The van der Waals surface area contributed by atoms with Crippen molar-refractivity contribution < 1.29 is 16.8 Å². The van der Waals surface area contributed by atoms with Crippen LogP contribution in [0.25, 0.3) is 31.5 Å². The molecule has 2 aromatic carbocycles. The van der Waals surface area contributed by atoms with Gasteiger partial charge in [-0.2, -0.15) is 20.4 Å². The molecule has 0 radical (unpaired) electrons. The van der Waals surface area contributed by atoms with Gasteiger partial charge in [0.15, 0.2) is 17.3 Å². The maximum absolute atomic E-state index is 13.5. The monoisotopic (exact) mass is 1030 g/mol. The van der Waals surface area contributed by atoms with Crippen LogP contribution in [0.2, 0.25) is 0 Å². The first-order valence-electron chi connectivity index (χ1n) is 22.8. The van der Waals surface area contributed by atoms with Crippen molar-refractivity contribution in [1.29, 1.82) is 0 Å². The molecule has 73 heavy (non-hydrogen) atoms. The number of aromatic amines is 2. The number of hydrogen-bond acceptors (Lipinski definition) is 13. The van der Waals surface area contributed by atoms with Crippen LogP contribution in [0.4, 0.5) is 40.3 Å². The van der Waals surface area contributed by atoms with Crippen LogP contribution in [0.3, 0.4) is 0 Å². The Balaban J connectivity index is 0.000000205. The number of para-hydroxylation sites is 2. The summed E-state index contributed by atoms with van der Waals surface area (Å²) in [4.78, 5) is 15.6. The van der Waals surface area contributed by atoms with Crippen LogP contribution in [0.1, 0.15) is 106 Å². The van der Waals surface area contributed by atoms with Gasteiger partial charge >= 0.3 is 0 Å². The number of azo groups is 1. The highest BCUT2D eigenvalue weighted by Crippen LogP contribution is 2.42. The molecule has 0 bridgehead atoms. The number of H-pyrrole nitrogens is 2. The zero-order valence-corrected chi connectivity index (χ0v) is 45.0. The standard InChI is InChI=1S/C25H29N9O2S.C17H20N4O2S.C8H12N4/c1-24(2,3)20-18(26-7)22(31-29-20)30-28-19-21(25(4,5)6)32-34(8)23(19)33-37(35,36)16-13-9-11-15-12-10-14-27-17(15)16;1-17(2,3)14-11-15(21(4)19-14)20-24(22,23)13-9-5-7-12-8-6-10-18-16(12)13;1-8(2,3)6-5(10-4)7(9)12-11-6/h9-14,33H,1-6,8H3,(H,29,31);5-11,20H,1-4H3;1-3H3,(H3,9,11,12). The summed E-state index contributed by atoms with van der Waals surface area (Å²) in [5, 5.41) is 32.7. The first kappa shape index (κ1) is 54.3. The normalized spacial score (nSPS) is 12.4. The number of nitrogens with two attached hydrogens (primary N) is 1. The third kappa shape index (κ3) is 12.0. The summed E-state index contributed by atoms with van der Waals surface area (Å²) in [5.41, 5.74) is 8.93. The minimum atomic E-state index is -4.07. The van der Waals surface area contributed by atoms with Gasteiger partial charge in [-0.3, -0.25) is 34.3 Å². The molecule has 8 aromatic rings. The zero-order chi connectivity index (χ0) is 54.1. The van der Waals surface area contributed by atoms with Crippen LogP contribution in [-0.4, -0.2) is 66.8 Å². The summed E-state index contributed by atoms with van der Waals surface area (Å²) in [6, 6.07) is 19.0. The fourth-order valence-corrected chi connectivity index (χ4v) is 9.76. The third-order valence-electron chi connectivity index (χ3n) is 11.1. The van der Waals surface area contributed by atoms with Crippen LogP contribution in [0.15, 0.2) is 99.1 Å². The molecule has 0 saturated carbocycles. The van der Waals surface area contributed by atoms with Crippen LogP contribution in [0, 0.1) is 13.1 Å². The van der Waals surface area contributed by atoms with Gasteiger partial charge in [0.25, 0.3) is 31.4 Å². The number of benzene rings is 2. The Labute approximate surface area is 425 Å². The lowest BCUT2D eigenvalue weighted by Gasteiger charge is -2.16. The van der Waals surface area contributed by atoms with Gasteiger partial charge < -0.3 is 5.73 Å². The quantitative estimate of drug-likeness (QED) is 0.0705. The minimum Gasteiger partial charge on any atom is -0.391 e. The Morgan fingerprint density at radius 2 is 1.11 bits per heavy atom. The lowest BCUT2D eigenvalue weighted by molar-refractivity contribution is 0.553. The Kier molecular flexibility index (Phi) is 15.1. The van der Waals surface area contributed by atoms with E-state index >= 15 is 0 Å². The molecule has 23 heteroatoms. The van der Waals surface area contributed by atoms with E-state index in [4.69, 9.17) is 18.9 Å². The Morgan fingerprint density at radius 1 is 0.616 bits per heavy atom. The maximum Gasteiger partial charge on any atom is 0.265 e. The average Bonchev–Trinajstić information content (AvgIpc) is 4.09. The van der Waals surface area contributed by atoms with Crippen molar-refractivity contribution in [3.05, 3.63) is 125 Å². The molecule has 8 rings (SSSR count). The third-order valence-corrected chi connectivity index (χ3v) is 13.8. The van der Waals surface area contributed by atoms with E-state index in [0.29, 0.717) is 39.3 Å². The van der Waals surface area contributed by atoms with E-state index in [2.05, 4.69) is 69.9 Å². The van der Waals surface area contributed by atoms with E-state index in [1.54, 1.807) is 75.0 Å². The van der Waals surface area contributed by atoms with Gasteiger partial charge in [-0.05, 0) is 35.1 Å². The van der Waals surface area contributed by atoms with E-state index in [0.717, 1.165) is 16.8 Å². The molecular weight excluding hydrogens is 967 g/mol. The fraction of sp³-hybridized carbons (Fsp3) is 0.360. The first-order valence-corrected chi connectivity index (χ1v) is 25.8. The minimum absolute atomic E-state index is 0.0319. The van der Waals surface area contributed by atoms with E-state index in [1.807, 2.05) is 95.2 Å². The number of nitrogen functional groups attached to an aromatic ring is 1. The summed E-state index contributed by atoms with van der Waals surface area (Å²) in [6.45, 7) is 38.4. The Hall–Kier alpha value is -8.02. The molecule has 6 heterocycles. The molecule has 0 fully saturated rings. The number of hydrogen-bond donors (Lipinski definition) is 5. The number of fused-ring (bicyclic) bond motifs is 2. The molecule has 6 aromatic heterocycles. The molecule has 0 saturated heterocycles. The van der Waals surface area contributed by atoms with Crippen molar-refractivity contribution in [3.63, 3.8) is 0 Å². The Bertz CT molecular complexity index is 3660. The van der Waals surface area contributed by atoms with Gasteiger partial charge in [-0.15, -0.1) is 10.2 Å². The molecule has 0 aliphatic rings. The number of anilines is 3. The van der Waals surface area contributed by atoms with Crippen molar-refractivity contribution in [3.8, 4) is 0 Å². The van der Waals surface area contributed by atoms with Crippen molar-refractivity contribution in [2.45, 2.75) is 115 Å². The number of aromatic nitrogens is 10.